The molecule has 0 heterocycles. The van der Waals surface area contributed by atoms with Gasteiger partial charge >= 0.3 is 0 Å². The Labute approximate surface area is 88.7 Å². The fourth-order valence-corrected chi connectivity index (χ4v) is 2.31. The highest BCUT2D eigenvalue weighted by Crippen LogP contribution is 2.27. The van der Waals surface area contributed by atoms with E-state index in [4.69, 9.17) is 6.42 Å². The van der Waals surface area contributed by atoms with Gasteiger partial charge < -0.3 is 5.32 Å². The van der Waals surface area contributed by atoms with Gasteiger partial charge in [-0.1, -0.05) is 12.8 Å². The fourth-order valence-electron chi connectivity index (χ4n) is 2.31. The lowest BCUT2D eigenvalue weighted by atomic mass is 10.00. The van der Waals surface area contributed by atoms with Crippen molar-refractivity contribution in [1.29, 1.82) is 0 Å². The van der Waals surface area contributed by atoms with Crippen molar-refractivity contribution >= 4 is 0 Å². The molecule has 0 radical (unpaired) electrons. The molecule has 1 heteroatoms. The molecule has 1 N–H and O–H groups in total. The van der Waals surface area contributed by atoms with Crippen molar-refractivity contribution in [1.82, 2.24) is 5.32 Å². The standard InChI is InChI=1S/C13H23N/c1-3-4-5-8-11-14-12(2)13-9-6-7-10-13/h1,12-14H,4-11H2,2H3. The van der Waals surface area contributed by atoms with Crippen molar-refractivity contribution in [3.8, 4) is 12.3 Å². The van der Waals surface area contributed by atoms with Crippen molar-refractivity contribution in [3.05, 3.63) is 0 Å². The highest BCUT2D eigenvalue weighted by atomic mass is 14.9. The Balaban J connectivity index is 1.97. The van der Waals surface area contributed by atoms with Gasteiger partial charge in [-0.05, 0) is 45.1 Å². The average Bonchev–Trinajstić information content (AvgIpc) is 2.70. The Hall–Kier alpha value is -0.480. The predicted octanol–water partition coefficient (Wildman–Crippen LogP) is 2.96. The summed E-state index contributed by atoms with van der Waals surface area (Å²) in [6, 6.07) is 0.711. The summed E-state index contributed by atoms with van der Waals surface area (Å²) in [4.78, 5) is 0. The molecular weight excluding hydrogens is 170 g/mol. The second-order valence-electron chi connectivity index (χ2n) is 4.45. The maximum Gasteiger partial charge on any atom is 0.00865 e. The third-order valence-corrected chi connectivity index (χ3v) is 3.32. The van der Waals surface area contributed by atoms with Gasteiger partial charge in [-0.15, -0.1) is 12.3 Å². The Morgan fingerprint density at radius 1 is 1.36 bits per heavy atom. The van der Waals surface area contributed by atoms with E-state index in [1.54, 1.807) is 0 Å². The van der Waals surface area contributed by atoms with E-state index >= 15 is 0 Å². The molecule has 1 atom stereocenters. The Morgan fingerprint density at radius 3 is 2.71 bits per heavy atom. The molecule has 1 nitrogen and oxygen atoms in total. The first-order valence-corrected chi connectivity index (χ1v) is 6.01. The molecule has 0 saturated heterocycles. The minimum Gasteiger partial charge on any atom is -0.314 e. The maximum atomic E-state index is 5.20. The van der Waals surface area contributed by atoms with Crippen LogP contribution in [0.25, 0.3) is 0 Å². The summed E-state index contributed by atoms with van der Waals surface area (Å²) in [5.41, 5.74) is 0. The van der Waals surface area contributed by atoms with Crippen molar-refractivity contribution in [3.63, 3.8) is 0 Å². The number of unbranched alkanes of at least 4 members (excludes halogenated alkanes) is 2. The lowest BCUT2D eigenvalue weighted by molar-refractivity contribution is 0.379. The zero-order chi connectivity index (χ0) is 10.2. The van der Waals surface area contributed by atoms with Crippen LogP contribution in [0.15, 0.2) is 0 Å². The van der Waals surface area contributed by atoms with Gasteiger partial charge in [0.25, 0.3) is 0 Å². The molecule has 14 heavy (non-hydrogen) atoms. The zero-order valence-corrected chi connectivity index (χ0v) is 9.39. The molecule has 80 valence electrons. The molecule has 0 spiro atoms. The minimum atomic E-state index is 0.711. The quantitative estimate of drug-likeness (QED) is 0.505. The highest BCUT2D eigenvalue weighted by Gasteiger charge is 2.20. The average molecular weight is 193 g/mol. The first kappa shape index (κ1) is 11.6. The van der Waals surface area contributed by atoms with E-state index in [2.05, 4.69) is 18.2 Å². The van der Waals surface area contributed by atoms with Gasteiger partial charge in [0.05, 0.1) is 0 Å². The number of hydrogen-bond donors (Lipinski definition) is 1. The van der Waals surface area contributed by atoms with Crippen LogP contribution in [0.4, 0.5) is 0 Å². The number of rotatable bonds is 6. The lowest BCUT2D eigenvalue weighted by Crippen LogP contribution is -2.32. The molecule has 1 saturated carbocycles. The van der Waals surface area contributed by atoms with Crippen LogP contribution in [0.1, 0.15) is 51.9 Å². The van der Waals surface area contributed by atoms with E-state index in [0.29, 0.717) is 6.04 Å². The smallest absolute Gasteiger partial charge is 0.00865 e. The van der Waals surface area contributed by atoms with E-state index < -0.39 is 0 Å². The highest BCUT2D eigenvalue weighted by molar-refractivity contribution is 4.83. The number of terminal acetylenes is 1. The second kappa shape index (κ2) is 6.90. The third kappa shape index (κ3) is 4.15. The topological polar surface area (TPSA) is 12.0 Å². The van der Waals surface area contributed by atoms with Crippen LogP contribution in [0.5, 0.6) is 0 Å². The van der Waals surface area contributed by atoms with Gasteiger partial charge in [-0.2, -0.15) is 0 Å². The summed E-state index contributed by atoms with van der Waals surface area (Å²) in [7, 11) is 0. The Morgan fingerprint density at radius 2 is 2.07 bits per heavy atom. The molecule has 0 aromatic rings. The van der Waals surface area contributed by atoms with Gasteiger partial charge in [0, 0.05) is 12.5 Å². The van der Waals surface area contributed by atoms with Crippen LogP contribution >= 0.6 is 0 Å². The molecule has 0 aliphatic heterocycles. The van der Waals surface area contributed by atoms with Crippen molar-refractivity contribution in [2.75, 3.05) is 6.54 Å². The SMILES string of the molecule is C#CCCCCNC(C)C1CCCC1. The zero-order valence-electron chi connectivity index (χ0n) is 9.39. The monoisotopic (exact) mass is 193 g/mol. The third-order valence-electron chi connectivity index (χ3n) is 3.32. The van der Waals surface area contributed by atoms with E-state index in [0.717, 1.165) is 18.9 Å². The summed E-state index contributed by atoms with van der Waals surface area (Å²) >= 11 is 0. The van der Waals surface area contributed by atoms with Gasteiger partial charge in [-0.3, -0.25) is 0 Å². The van der Waals surface area contributed by atoms with Gasteiger partial charge in [0.1, 0.15) is 0 Å². The molecule has 0 bridgehead atoms. The molecular formula is C13H23N. The normalized spacial score (nSPS) is 19.4. The molecule has 1 unspecified atom stereocenters. The Kier molecular flexibility index (Phi) is 5.71. The van der Waals surface area contributed by atoms with Crippen molar-refractivity contribution in [2.24, 2.45) is 5.92 Å². The first-order chi connectivity index (χ1) is 6.84. The van der Waals surface area contributed by atoms with Crippen LogP contribution in [0, 0.1) is 18.3 Å². The van der Waals surface area contributed by atoms with Crippen LogP contribution in [-0.4, -0.2) is 12.6 Å². The molecule has 1 aliphatic carbocycles. The van der Waals surface area contributed by atoms with E-state index in [1.807, 2.05) is 0 Å². The van der Waals surface area contributed by atoms with E-state index in [-0.39, 0.29) is 0 Å². The number of nitrogens with one attached hydrogen (secondary N) is 1. The summed E-state index contributed by atoms with van der Waals surface area (Å²) in [5.74, 6) is 3.62. The maximum absolute atomic E-state index is 5.20. The van der Waals surface area contributed by atoms with Crippen molar-refractivity contribution < 1.29 is 0 Å². The first-order valence-electron chi connectivity index (χ1n) is 6.01. The molecule has 0 aromatic heterocycles. The lowest BCUT2D eigenvalue weighted by Gasteiger charge is -2.20. The van der Waals surface area contributed by atoms with E-state index in [1.165, 1.54) is 38.5 Å². The van der Waals surface area contributed by atoms with Crippen LogP contribution in [-0.2, 0) is 0 Å². The summed E-state index contributed by atoms with van der Waals surface area (Å²) in [6.07, 6.45) is 14.3. The molecule has 1 rings (SSSR count). The van der Waals surface area contributed by atoms with Crippen LogP contribution in [0.2, 0.25) is 0 Å². The summed E-state index contributed by atoms with van der Waals surface area (Å²) < 4.78 is 0. The largest absolute Gasteiger partial charge is 0.314 e. The number of hydrogen-bond acceptors (Lipinski definition) is 1. The predicted molar refractivity (Wildman–Crippen MR) is 62.1 cm³/mol. The summed E-state index contributed by atoms with van der Waals surface area (Å²) in [5, 5.41) is 3.61. The molecule has 1 aliphatic rings. The van der Waals surface area contributed by atoms with Crippen LogP contribution < -0.4 is 5.32 Å². The Bertz CT molecular complexity index is 174. The molecule has 0 amide bonds. The fraction of sp³-hybridized carbons (Fsp3) is 0.846. The summed E-state index contributed by atoms with van der Waals surface area (Å²) in [6.45, 7) is 3.47. The van der Waals surface area contributed by atoms with Crippen molar-refractivity contribution in [2.45, 2.75) is 57.9 Å². The molecule has 1 fully saturated rings. The van der Waals surface area contributed by atoms with Gasteiger partial charge in [0.2, 0.25) is 0 Å². The van der Waals surface area contributed by atoms with E-state index in [9.17, 15) is 0 Å². The second-order valence-corrected chi connectivity index (χ2v) is 4.45. The molecule has 0 aromatic carbocycles. The van der Waals surface area contributed by atoms with Gasteiger partial charge in [-0.25, -0.2) is 0 Å². The van der Waals surface area contributed by atoms with Gasteiger partial charge in [0.15, 0.2) is 0 Å². The minimum absolute atomic E-state index is 0.711. The van der Waals surface area contributed by atoms with Crippen LogP contribution in [0.3, 0.4) is 0 Å².